The first-order valence-corrected chi connectivity index (χ1v) is 6.45. The number of aliphatic hydroxyl groups excluding tert-OH is 1. The van der Waals surface area contributed by atoms with Crippen LogP contribution in [0.25, 0.3) is 0 Å². The highest BCUT2D eigenvalue weighted by Crippen LogP contribution is 2.42. The van der Waals surface area contributed by atoms with E-state index in [1.54, 1.807) is 6.07 Å². The van der Waals surface area contributed by atoms with Gasteiger partial charge in [0.15, 0.2) is 0 Å². The zero-order valence-electron chi connectivity index (χ0n) is 10.9. The number of hydrogen-bond donors (Lipinski definition) is 1. The first kappa shape index (κ1) is 13.1. The van der Waals surface area contributed by atoms with E-state index in [4.69, 9.17) is 4.74 Å². The predicted octanol–water partition coefficient (Wildman–Crippen LogP) is 3.83. The summed E-state index contributed by atoms with van der Waals surface area (Å²) >= 11 is 0. The molecule has 0 aliphatic carbocycles. The van der Waals surface area contributed by atoms with Crippen LogP contribution in [-0.4, -0.2) is 5.11 Å². The van der Waals surface area contributed by atoms with Crippen LogP contribution in [0.2, 0.25) is 0 Å². The van der Waals surface area contributed by atoms with Crippen LogP contribution in [0.15, 0.2) is 36.4 Å². The number of halogens is 2. The molecule has 0 saturated carbocycles. The van der Waals surface area contributed by atoms with E-state index in [2.05, 4.69) is 0 Å². The molecule has 0 fully saturated rings. The van der Waals surface area contributed by atoms with Crippen molar-refractivity contribution in [1.29, 1.82) is 0 Å². The Labute approximate surface area is 115 Å². The summed E-state index contributed by atoms with van der Waals surface area (Å²) in [5.41, 5.74) is 1.54. The summed E-state index contributed by atoms with van der Waals surface area (Å²) < 4.78 is 33.3. The van der Waals surface area contributed by atoms with Gasteiger partial charge in [0.1, 0.15) is 23.5 Å². The minimum Gasteiger partial charge on any atom is -0.485 e. The van der Waals surface area contributed by atoms with E-state index in [-0.39, 0.29) is 12.0 Å². The van der Waals surface area contributed by atoms with Gasteiger partial charge in [-0.05, 0) is 31.2 Å². The minimum absolute atomic E-state index is 0.127. The van der Waals surface area contributed by atoms with E-state index in [1.165, 1.54) is 18.2 Å². The van der Waals surface area contributed by atoms with Crippen molar-refractivity contribution in [1.82, 2.24) is 0 Å². The van der Waals surface area contributed by atoms with Crippen LogP contribution < -0.4 is 4.74 Å². The Bertz CT molecular complexity index is 635. The summed E-state index contributed by atoms with van der Waals surface area (Å²) in [6, 6.07) is 9.08. The second kappa shape index (κ2) is 4.87. The van der Waals surface area contributed by atoms with Crippen molar-refractivity contribution in [2.24, 2.45) is 0 Å². The van der Waals surface area contributed by atoms with E-state index < -0.39 is 23.8 Å². The predicted molar refractivity (Wildman–Crippen MR) is 70.5 cm³/mol. The van der Waals surface area contributed by atoms with Gasteiger partial charge in [0, 0.05) is 12.0 Å². The van der Waals surface area contributed by atoms with Gasteiger partial charge in [-0.1, -0.05) is 17.7 Å². The molecule has 2 nitrogen and oxygen atoms in total. The first-order chi connectivity index (χ1) is 9.56. The number of aliphatic hydroxyl groups is 1. The highest BCUT2D eigenvalue weighted by Gasteiger charge is 2.31. The molecule has 1 unspecified atom stereocenters. The summed E-state index contributed by atoms with van der Waals surface area (Å²) in [5.74, 6) is -0.836. The number of hydrogen-bond acceptors (Lipinski definition) is 2. The normalized spacial score (nSPS) is 21.2. The maximum absolute atomic E-state index is 13.8. The van der Waals surface area contributed by atoms with Crippen LogP contribution in [0.1, 0.15) is 35.3 Å². The van der Waals surface area contributed by atoms with Crippen molar-refractivity contribution in [3.8, 4) is 5.75 Å². The molecule has 0 aromatic heterocycles. The Balaban J connectivity index is 2.01. The van der Waals surface area contributed by atoms with Gasteiger partial charge in [-0.2, -0.15) is 0 Å². The van der Waals surface area contributed by atoms with Crippen LogP contribution >= 0.6 is 0 Å². The van der Waals surface area contributed by atoms with Crippen LogP contribution in [0, 0.1) is 18.6 Å². The summed E-state index contributed by atoms with van der Waals surface area (Å²) in [7, 11) is 0. The average molecular weight is 276 g/mol. The zero-order chi connectivity index (χ0) is 14.3. The van der Waals surface area contributed by atoms with Gasteiger partial charge < -0.3 is 9.84 Å². The zero-order valence-corrected chi connectivity index (χ0v) is 10.9. The van der Waals surface area contributed by atoms with Gasteiger partial charge in [-0.25, -0.2) is 8.78 Å². The highest BCUT2D eigenvalue weighted by molar-refractivity contribution is 5.41. The quantitative estimate of drug-likeness (QED) is 0.857. The summed E-state index contributed by atoms with van der Waals surface area (Å²) in [6.07, 6.45) is -1.47. The van der Waals surface area contributed by atoms with E-state index in [0.29, 0.717) is 11.3 Å². The molecule has 2 atom stereocenters. The molecule has 2 aromatic rings. The number of aryl methyl sites for hydroxylation is 1. The monoisotopic (exact) mass is 276 g/mol. The molecule has 3 rings (SSSR count). The molecular formula is C16H14F2O2. The standard InChI is InChI=1S/C16H14F2O2/c1-9-5-6-14-10(7-9)13(19)8-15(20-14)16-11(17)3-2-4-12(16)18/h2-7,13,15,19H,8H2,1H3/t13-,15?/m0/s1. The lowest BCUT2D eigenvalue weighted by molar-refractivity contribution is 0.0621. The van der Waals surface area contributed by atoms with Gasteiger partial charge in [0.05, 0.1) is 11.7 Å². The molecule has 1 aliphatic heterocycles. The maximum Gasteiger partial charge on any atom is 0.133 e. The van der Waals surface area contributed by atoms with Crippen LogP contribution in [0.3, 0.4) is 0 Å². The number of rotatable bonds is 1. The lowest BCUT2D eigenvalue weighted by Crippen LogP contribution is -2.21. The molecule has 104 valence electrons. The molecule has 0 radical (unpaired) electrons. The molecule has 1 heterocycles. The average Bonchev–Trinajstić information content (AvgIpc) is 2.39. The van der Waals surface area contributed by atoms with E-state index in [0.717, 1.165) is 5.56 Å². The minimum atomic E-state index is -0.818. The number of ether oxygens (including phenoxy) is 1. The molecule has 0 bridgehead atoms. The summed E-state index contributed by atoms with van der Waals surface area (Å²) in [4.78, 5) is 0. The third kappa shape index (κ3) is 2.16. The lowest BCUT2D eigenvalue weighted by atomic mass is 9.93. The lowest BCUT2D eigenvalue weighted by Gasteiger charge is -2.30. The van der Waals surface area contributed by atoms with Gasteiger partial charge in [0.25, 0.3) is 0 Å². The highest BCUT2D eigenvalue weighted by atomic mass is 19.1. The molecule has 0 spiro atoms. The molecule has 0 amide bonds. The van der Waals surface area contributed by atoms with Crippen molar-refractivity contribution in [2.45, 2.75) is 25.6 Å². The number of benzene rings is 2. The van der Waals surface area contributed by atoms with Crippen molar-refractivity contribution >= 4 is 0 Å². The molecular weight excluding hydrogens is 262 g/mol. The van der Waals surface area contributed by atoms with Crippen molar-refractivity contribution < 1.29 is 18.6 Å². The van der Waals surface area contributed by atoms with Gasteiger partial charge in [-0.15, -0.1) is 0 Å². The summed E-state index contributed by atoms with van der Waals surface area (Å²) in [6.45, 7) is 1.91. The Morgan fingerprint density at radius 1 is 1.15 bits per heavy atom. The molecule has 1 N–H and O–H groups in total. The molecule has 2 aromatic carbocycles. The fraction of sp³-hybridized carbons (Fsp3) is 0.250. The van der Waals surface area contributed by atoms with E-state index >= 15 is 0 Å². The largest absolute Gasteiger partial charge is 0.485 e. The van der Waals surface area contributed by atoms with Crippen molar-refractivity contribution in [3.63, 3.8) is 0 Å². The van der Waals surface area contributed by atoms with Crippen molar-refractivity contribution in [2.75, 3.05) is 0 Å². The second-order valence-corrected chi connectivity index (χ2v) is 5.03. The summed E-state index contributed by atoms with van der Waals surface area (Å²) in [5, 5.41) is 10.2. The van der Waals surface area contributed by atoms with Gasteiger partial charge >= 0.3 is 0 Å². The fourth-order valence-corrected chi connectivity index (χ4v) is 2.56. The fourth-order valence-electron chi connectivity index (χ4n) is 2.56. The SMILES string of the molecule is Cc1ccc2c(c1)[C@@H](O)CC(c1c(F)cccc1F)O2. The van der Waals surface area contributed by atoms with Crippen molar-refractivity contribution in [3.05, 3.63) is 64.7 Å². The Hall–Kier alpha value is -1.94. The van der Waals surface area contributed by atoms with Gasteiger partial charge in [-0.3, -0.25) is 0 Å². The Kier molecular flexibility index (Phi) is 3.18. The number of fused-ring (bicyclic) bond motifs is 1. The third-order valence-electron chi connectivity index (χ3n) is 3.55. The smallest absolute Gasteiger partial charge is 0.133 e. The van der Waals surface area contributed by atoms with Crippen LogP contribution in [0.5, 0.6) is 5.75 Å². The molecule has 20 heavy (non-hydrogen) atoms. The van der Waals surface area contributed by atoms with Crippen LogP contribution in [0.4, 0.5) is 8.78 Å². The Morgan fingerprint density at radius 3 is 2.55 bits per heavy atom. The first-order valence-electron chi connectivity index (χ1n) is 6.45. The van der Waals surface area contributed by atoms with E-state index in [1.807, 2.05) is 19.1 Å². The Morgan fingerprint density at radius 2 is 1.85 bits per heavy atom. The topological polar surface area (TPSA) is 29.5 Å². The van der Waals surface area contributed by atoms with E-state index in [9.17, 15) is 13.9 Å². The second-order valence-electron chi connectivity index (χ2n) is 5.03. The van der Waals surface area contributed by atoms with Crippen LogP contribution in [-0.2, 0) is 0 Å². The third-order valence-corrected chi connectivity index (χ3v) is 3.55. The van der Waals surface area contributed by atoms with Gasteiger partial charge in [0.2, 0.25) is 0 Å². The molecule has 4 heteroatoms. The maximum atomic E-state index is 13.8. The molecule has 0 saturated heterocycles. The molecule has 1 aliphatic rings.